The molecule has 6 nitrogen and oxygen atoms in total. The van der Waals surface area contributed by atoms with E-state index in [4.69, 9.17) is 9.26 Å². The number of methoxy groups -OCH3 is 1. The van der Waals surface area contributed by atoms with Gasteiger partial charge in [0.2, 0.25) is 5.89 Å². The average Bonchev–Trinajstić information content (AvgIpc) is 3.09. The fraction of sp³-hybridized carbons (Fsp3) is 0.500. The van der Waals surface area contributed by atoms with Crippen LogP contribution in [0.5, 0.6) is 0 Å². The van der Waals surface area contributed by atoms with Crippen molar-refractivity contribution in [3.63, 3.8) is 0 Å². The van der Waals surface area contributed by atoms with Crippen molar-refractivity contribution in [2.24, 2.45) is 0 Å². The summed E-state index contributed by atoms with van der Waals surface area (Å²) in [6.45, 7) is 3.10. The highest BCUT2D eigenvalue weighted by molar-refractivity contribution is 5.94. The third kappa shape index (κ3) is 3.60. The maximum absolute atomic E-state index is 13.5. The first-order chi connectivity index (χ1) is 12.4. The molecule has 0 bridgehead atoms. The molecule has 0 spiro atoms. The quantitative estimate of drug-likeness (QED) is 0.815. The first kappa shape index (κ1) is 18.4. The van der Waals surface area contributed by atoms with Crippen LogP contribution < -0.4 is 0 Å². The molecule has 26 heavy (non-hydrogen) atoms. The maximum atomic E-state index is 13.5. The van der Waals surface area contributed by atoms with Gasteiger partial charge in [-0.3, -0.25) is 4.79 Å². The molecule has 1 aliphatic heterocycles. The zero-order valence-electron chi connectivity index (χ0n) is 14.8. The highest BCUT2D eigenvalue weighted by Crippen LogP contribution is 2.36. The Balaban J connectivity index is 1.87. The molecule has 2 aromatic rings. The molecule has 1 fully saturated rings. The van der Waals surface area contributed by atoms with Crippen LogP contribution in [0.15, 0.2) is 22.7 Å². The fourth-order valence-corrected chi connectivity index (χ4v) is 3.43. The lowest BCUT2D eigenvalue weighted by atomic mass is 9.76. The molecule has 3 rings (SSSR count). The summed E-state index contributed by atoms with van der Waals surface area (Å²) in [5.41, 5.74) is -0.365. The third-order valence-electron chi connectivity index (χ3n) is 4.82. The summed E-state index contributed by atoms with van der Waals surface area (Å²) in [4.78, 5) is 18.8. The van der Waals surface area contributed by atoms with E-state index in [0.29, 0.717) is 37.8 Å². The van der Waals surface area contributed by atoms with Crippen molar-refractivity contribution in [2.75, 3.05) is 26.8 Å². The van der Waals surface area contributed by atoms with Gasteiger partial charge in [-0.2, -0.15) is 4.98 Å². The molecule has 1 aromatic carbocycles. The number of aromatic nitrogens is 2. The number of halogens is 2. The average molecular weight is 365 g/mol. The molecule has 0 radical (unpaired) electrons. The van der Waals surface area contributed by atoms with E-state index in [1.807, 2.05) is 0 Å². The molecule has 1 aliphatic rings. The number of hydrogen-bond acceptors (Lipinski definition) is 5. The van der Waals surface area contributed by atoms with Gasteiger partial charge in [0.1, 0.15) is 0 Å². The minimum atomic E-state index is -1.03. The molecule has 8 heteroatoms. The number of likely N-dealkylation sites (tertiary alicyclic amines) is 1. The van der Waals surface area contributed by atoms with Crippen molar-refractivity contribution in [3.8, 4) is 0 Å². The molecule has 1 atom stereocenters. The van der Waals surface area contributed by atoms with Crippen LogP contribution in [0.1, 0.15) is 41.3 Å². The molecule has 2 heterocycles. The number of ether oxygens (including phenoxy) is 1. The number of amides is 1. The predicted octanol–water partition coefficient (Wildman–Crippen LogP) is 2.87. The van der Waals surface area contributed by atoms with E-state index in [1.165, 1.54) is 6.07 Å². The highest BCUT2D eigenvalue weighted by atomic mass is 19.2. The van der Waals surface area contributed by atoms with Crippen molar-refractivity contribution in [1.29, 1.82) is 0 Å². The van der Waals surface area contributed by atoms with Crippen LogP contribution >= 0.6 is 0 Å². The van der Waals surface area contributed by atoms with E-state index in [-0.39, 0.29) is 11.5 Å². The van der Waals surface area contributed by atoms with Crippen LogP contribution in [0.2, 0.25) is 0 Å². The number of carbonyl (C=O) groups excluding carboxylic acids is 1. The lowest BCUT2D eigenvalue weighted by Crippen LogP contribution is -2.49. The van der Waals surface area contributed by atoms with E-state index in [2.05, 4.69) is 10.1 Å². The Morgan fingerprint density at radius 3 is 2.85 bits per heavy atom. The predicted molar refractivity (Wildman–Crippen MR) is 88.7 cm³/mol. The Morgan fingerprint density at radius 1 is 1.38 bits per heavy atom. The number of nitrogens with zero attached hydrogens (tertiary/aromatic N) is 3. The molecule has 1 aromatic heterocycles. The summed E-state index contributed by atoms with van der Waals surface area (Å²) in [5, 5.41) is 4.07. The molecular formula is C18H21F2N3O3. The van der Waals surface area contributed by atoms with Crippen molar-refractivity contribution < 1.29 is 22.8 Å². The molecule has 1 amide bonds. The summed E-state index contributed by atoms with van der Waals surface area (Å²) < 4.78 is 37.0. The molecular weight excluding hydrogens is 344 g/mol. The topological polar surface area (TPSA) is 68.5 Å². The Morgan fingerprint density at radius 2 is 2.19 bits per heavy atom. The van der Waals surface area contributed by atoms with Crippen LogP contribution in [-0.4, -0.2) is 47.8 Å². The molecule has 1 unspecified atom stereocenters. The highest BCUT2D eigenvalue weighted by Gasteiger charge is 2.42. The number of piperidine rings is 1. The van der Waals surface area contributed by atoms with Gasteiger partial charge in [-0.1, -0.05) is 5.16 Å². The number of rotatable bonds is 5. The molecule has 140 valence electrons. The van der Waals surface area contributed by atoms with Gasteiger partial charge < -0.3 is 14.2 Å². The number of hydrogen-bond donors (Lipinski definition) is 0. The lowest BCUT2D eigenvalue weighted by molar-refractivity contribution is 0.0566. The molecule has 0 N–H and O–H groups in total. The second kappa shape index (κ2) is 7.49. The SMILES string of the molecule is COCCC1(c2noc(C)n2)CCCN(C(=O)c2ccc(F)c(F)c2)C1. The Labute approximate surface area is 150 Å². The Bertz CT molecular complexity index is 796. The normalized spacial score (nSPS) is 20.4. The molecule has 0 saturated carbocycles. The Hall–Kier alpha value is -2.35. The van der Waals surface area contributed by atoms with Gasteiger partial charge >= 0.3 is 0 Å². The molecule has 0 aliphatic carbocycles. The van der Waals surface area contributed by atoms with Crippen molar-refractivity contribution in [2.45, 2.75) is 31.6 Å². The van der Waals surface area contributed by atoms with E-state index in [1.54, 1.807) is 18.9 Å². The van der Waals surface area contributed by atoms with Crippen LogP contribution in [-0.2, 0) is 10.2 Å². The fourth-order valence-electron chi connectivity index (χ4n) is 3.43. The lowest BCUT2D eigenvalue weighted by Gasteiger charge is -2.41. The van der Waals surface area contributed by atoms with Gasteiger partial charge in [0.05, 0.1) is 5.41 Å². The van der Waals surface area contributed by atoms with E-state index in [0.717, 1.165) is 25.0 Å². The summed E-state index contributed by atoms with van der Waals surface area (Å²) in [6.07, 6.45) is 2.16. The van der Waals surface area contributed by atoms with Crippen LogP contribution in [0, 0.1) is 18.6 Å². The van der Waals surface area contributed by atoms with Crippen LogP contribution in [0.4, 0.5) is 8.78 Å². The van der Waals surface area contributed by atoms with Gasteiger partial charge in [0, 0.05) is 39.3 Å². The minimum absolute atomic E-state index is 0.121. The second-order valence-corrected chi connectivity index (χ2v) is 6.62. The van der Waals surface area contributed by atoms with E-state index in [9.17, 15) is 13.6 Å². The van der Waals surface area contributed by atoms with Gasteiger partial charge in [-0.05, 0) is 37.5 Å². The van der Waals surface area contributed by atoms with Crippen LogP contribution in [0.25, 0.3) is 0 Å². The van der Waals surface area contributed by atoms with Gasteiger partial charge in [-0.15, -0.1) is 0 Å². The standard InChI is InChI=1S/C18H21F2N3O3/c1-12-21-17(22-26-12)18(7-9-25-2)6-3-8-23(11-18)16(24)13-4-5-14(19)15(20)10-13/h4-5,10H,3,6-9,11H2,1-2H3. The minimum Gasteiger partial charge on any atom is -0.385 e. The first-order valence-electron chi connectivity index (χ1n) is 8.49. The number of aryl methyl sites for hydroxylation is 1. The van der Waals surface area contributed by atoms with Crippen molar-refractivity contribution >= 4 is 5.91 Å². The third-order valence-corrected chi connectivity index (χ3v) is 4.82. The van der Waals surface area contributed by atoms with Gasteiger partial charge in [-0.25, -0.2) is 8.78 Å². The van der Waals surface area contributed by atoms with Crippen molar-refractivity contribution in [1.82, 2.24) is 15.0 Å². The monoisotopic (exact) mass is 365 g/mol. The maximum Gasteiger partial charge on any atom is 0.253 e. The zero-order valence-corrected chi connectivity index (χ0v) is 14.8. The van der Waals surface area contributed by atoms with Gasteiger partial charge in [0.15, 0.2) is 17.5 Å². The smallest absolute Gasteiger partial charge is 0.253 e. The second-order valence-electron chi connectivity index (χ2n) is 6.62. The zero-order chi connectivity index (χ0) is 18.7. The summed E-state index contributed by atoms with van der Waals surface area (Å²) >= 11 is 0. The van der Waals surface area contributed by atoms with Gasteiger partial charge in [0.25, 0.3) is 5.91 Å². The number of benzene rings is 1. The number of carbonyl (C=O) groups is 1. The van der Waals surface area contributed by atoms with E-state index >= 15 is 0 Å². The summed E-state index contributed by atoms with van der Waals surface area (Å²) in [6, 6.07) is 3.19. The summed E-state index contributed by atoms with van der Waals surface area (Å²) in [7, 11) is 1.61. The largest absolute Gasteiger partial charge is 0.385 e. The first-order valence-corrected chi connectivity index (χ1v) is 8.49. The molecule has 1 saturated heterocycles. The summed E-state index contributed by atoms with van der Waals surface area (Å²) in [5.74, 6) is -1.34. The van der Waals surface area contributed by atoms with Crippen LogP contribution in [0.3, 0.4) is 0 Å². The van der Waals surface area contributed by atoms with E-state index < -0.39 is 17.0 Å². The Kier molecular flexibility index (Phi) is 5.31. The van der Waals surface area contributed by atoms with Crippen molar-refractivity contribution in [3.05, 3.63) is 47.1 Å².